The molecule has 0 unspecified atom stereocenters. The lowest BCUT2D eigenvalue weighted by Gasteiger charge is -2.19. The maximum Gasteiger partial charge on any atom is 0.379 e. The van der Waals surface area contributed by atoms with E-state index >= 15 is 0 Å². The van der Waals surface area contributed by atoms with E-state index in [0.29, 0.717) is 10.4 Å². The molecule has 2 aromatic rings. The number of nitrogens with zero attached hydrogens (tertiary/aromatic N) is 1. The van der Waals surface area contributed by atoms with Gasteiger partial charge >= 0.3 is 5.88 Å². The van der Waals surface area contributed by atoms with Crippen LogP contribution in [0.1, 0.15) is 26.3 Å². The molecule has 0 aliphatic carbocycles. The molecular weight excluding hydrogens is 280 g/mol. The average molecular weight is 300 g/mol. The lowest BCUT2D eigenvalue weighted by molar-refractivity contribution is -0.612. The second kappa shape index (κ2) is 6.47. The Morgan fingerprint density at radius 3 is 2.45 bits per heavy atom. The smallest absolute Gasteiger partial charge is 0.379 e. The Morgan fingerprint density at radius 2 is 1.86 bits per heavy atom. The van der Waals surface area contributed by atoms with Crippen molar-refractivity contribution in [1.82, 2.24) is 0 Å². The number of aromatic nitrogens is 1. The van der Waals surface area contributed by atoms with Gasteiger partial charge in [0.05, 0.1) is 6.07 Å². The van der Waals surface area contributed by atoms with E-state index < -0.39 is 0 Å². The predicted octanol–water partition coefficient (Wildman–Crippen LogP) is 2.64. The minimum atomic E-state index is -0.313. The highest BCUT2D eigenvalue weighted by Gasteiger charge is 2.13. The third-order valence-electron chi connectivity index (χ3n) is 3.17. The summed E-state index contributed by atoms with van der Waals surface area (Å²) in [6, 6.07) is 12.5. The molecule has 5 nitrogen and oxygen atoms in total. The van der Waals surface area contributed by atoms with Crippen molar-refractivity contribution in [3.63, 3.8) is 0 Å². The normalized spacial score (nSPS) is 11.0. The van der Waals surface area contributed by atoms with E-state index in [1.54, 1.807) is 12.1 Å². The zero-order valence-electron chi connectivity index (χ0n) is 13.0. The topological polar surface area (TPSA) is 65.3 Å². The summed E-state index contributed by atoms with van der Waals surface area (Å²) in [7, 11) is 0. The van der Waals surface area contributed by atoms with Crippen LogP contribution in [0, 0.1) is 5.21 Å². The van der Waals surface area contributed by atoms with Gasteiger partial charge in [0.2, 0.25) is 0 Å². The number of rotatable bonds is 4. The monoisotopic (exact) mass is 300 g/mol. The van der Waals surface area contributed by atoms with E-state index in [0.717, 1.165) is 0 Å². The number of nitrogens with one attached hydrogen (secondary N) is 1. The zero-order chi connectivity index (χ0) is 16.2. The molecule has 116 valence electrons. The number of hydrogen-bond acceptors (Lipinski definition) is 3. The van der Waals surface area contributed by atoms with Crippen LogP contribution in [-0.4, -0.2) is 12.5 Å². The molecular formula is C17H20N2O3. The van der Waals surface area contributed by atoms with Gasteiger partial charge in [-0.05, 0) is 29.2 Å². The van der Waals surface area contributed by atoms with Crippen molar-refractivity contribution in [2.24, 2.45) is 0 Å². The van der Waals surface area contributed by atoms with Crippen LogP contribution in [0.15, 0.2) is 48.7 Å². The van der Waals surface area contributed by atoms with Gasteiger partial charge in [-0.25, -0.2) is 0 Å². The molecule has 1 amide bonds. The Labute approximate surface area is 130 Å². The van der Waals surface area contributed by atoms with Crippen LogP contribution in [0.3, 0.4) is 0 Å². The maximum atomic E-state index is 11.8. The van der Waals surface area contributed by atoms with Crippen LogP contribution in [0.2, 0.25) is 0 Å². The molecule has 1 heterocycles. The molecule has 0 fully saturated rings. The molecule has 5 heteroatoms. The molecule has 1 N–H and O–H groups in total. The first-order chi connectivity index (χ1) is 10.4. The average Bonchev–Trinajstić information content (AvgIpc) is 2.46. The van der Waals surface area contributed by atoms with Gasteiger partial charge in [-0.1, -0.05) is 32.9 Å². The van der Waals surface area contributed by atoms with Gasteiger partial charge in [-0.3, -0.25) is 4.79 Å². The van der Waals surface area contributed by atoms with E-state index in [2.05, 4.69) is 26.1 Å². The van der Waals surface area contributed by atoms with Gasteiger partial charge in [0.15, 0.2) is 12.8 Å². The van der Waals surface area contributed by atoms with Gasteiger partial charge in [-0.2, -0.15) is 0 Å². The summed E-state index contributed by atoms with van der Waals surface area (Å²) >= 11 is 0. The number of anilines is 1. The summed E-state index contributed by atoms with van der Waals surface area (Å²) in [5.41, 5.74) is 1.96. The van der Waals surface area contributed by atoms with Gasteiger partial charge < -0.3 is 15.3 Å². The number of ether oxygens (including phenoxy) is 1. The van der Waals surface area contributed by atoms with Crippen molar-refractivity contribution in [3.8, 4) is 5.88 Å². The predicted molar refractivity (Wildman–Crippen MR) is 84.7 cm³/mol. The molecule has 0 aliphatic rings. The molecule has 2 rings (SSSR count). The highest BCUT2D eigenvalue weighted by molar-refractivity contribution is 5.91. The van der Waals surface area contributed by atoms with E-state index in [-0.39, 0.29) is 23.8 Å². The Balaban J connectivity index is 1.91. The Kier molecular flexibility index (Phi) is 4.65. The van der Waals surface area contributed by atoms with Crippen molar-refractivity contribution in [2.75, 3.05) is 11.9 Å². The summed E-state index contributed by atoms with van der Waals surface area (Å²) in [5, 5.41) is 14.1. The minimum absolute atomic E-state index is 0.0701. The number of carbonyl (C=O) groups is 1. The third kappa shape index (κ3) is 4.22. The largest absolute Gasteiger partial charge is 0.616 e. The molecule has 0 bridgehead atoms. The summed E-state index contributed by atoms with van der Waals surface area (Å²) < 4.78 is 5.76. The molecule has 0 aliphatic heterocycles. The molecule has 0 radical (unpaired) electrons. The lowest BCUT2D eigenvalue weighted by Crippen LogP contribution is -2.30. The fourth-order valence-electron chi connectivity index (χ4n) is 1.91. The van der Waals surface area contributed by atoms with Crippen molar-refractivity contribution in [2.45, 2.75) is 26.2 Å². The number of amides is 1. The second-order valence-corrected chi connectivity index (χ2v) is 6.03. The van der Waals surface area contributed by atoms with Crippen molar-refractivity contribution in [1.29, 1.82) is 0 Å². The maximum absolute atomic E-state index is 11.8. The summed E-state index contributed by atoms with van der Waals surface area (Å²) in [5.74, 6) is -0.215. The van der Waals surface area contributed by atoms with Gasteiger partial charge in [0.1, 0.15) is 0 Å². The van der Waals surface area contributed by atoms with E-state index in [1.165, 1.54) is 17.8 Å². The molecule has 1 aromatic carbocycles. The fourth-order valence-corrected chi connectivity index (χ4v) is 1.91. The molecule has 1 aromatic heterocycles. The van der Waals surface area contributed by atoms with Crippen LogP contribution in [-0.2, 0) is 10.2 Å². The van der Waals surface area contributed by atoms with E-state index in [1.807, 2.05) is 24.3 Å². The number of benzene rings is 1. The first-order valence-corrected chi connectivity index (χ1v) is 7.07. The quantitative estimate of drug-likeness (QED) is 0.697. The summed E-state index contributed by atoms with van der Waals surface area (Å²) in [6.45, 7) is 6.18. The van der Waals surface area contributed by atoms with Crippen molar-refractivity contribution in [3.05, 3.63) is 59.4 Å². The lowest BCUT2D eigenvalue weighted by atomic mass is 9.87. The Morgan fingerprint density at radius 1 is 1.18 bits per heavy atom. The van der Waals surface area contributed by atoms with Crippen molar-refractivity contribution >= 4 is 11.6 Å². The number of carbonyl (C=O) groups excluding carboxylic acids is 1. The van der Waals surface area contributed by atoms with Crippen LogP contribution < -0.4 is 14.8 Å². The zero-order valence-corrected chi connectivity index (χ0v) is 13.0. The van der Waals surface area contributed by atoms with Gasteiger partial charge in [0.25, 0.3) is 5.91 Å². The summed E-state index contributed by atoms with van der Waals surface area (Å²) in [4.78, 5) is 11.8. The molecule has 0 saturated heterocycles. The first kappa shape index (κ1) is 15.8. The van der Waals surface area contributed by atoms with Crippen LogP contribution >= 0.6 is 0 Å². The SMILES string of the molecule is CC(C)(C)c1ccc(NC(=O)COc2cccc[n+]2[O-])cc1. The standard InChI is InChI=1S/C17H20N2O3/c1-17(2,3)13-7-9-14(10-8-13)18-15(20)12-22-16-6-4-5-11-19(16)21/h4-11H,12H2,1-3H3,(H,18,20). The Hall–Kier alpha value is -2.56. The molecule has 0 spiro atoms. The van der Waals surface area contributed by atoms with Crippen LogP contribution in [0.5, 0.6) is 5.88 Å². The highest BCUT2D eigenvalue weighted by Crippen LogP contribution is 2.23. The number of hydrogen-bond donors (Lipinski definition) is 1. The van der Waals surface area contributed by atoms with Gasteiger partial charge in [0, 0.05) is 11.8 Å². The fraction of sp³-hybridized carbons (Fsp3) is 0.294. The van der Waals surface area contributed by atoms with Gasteiger partial charge in [-0.15, -0.1) is 4.73 Å². The first-order valence-electron chi connectivity index (χ1n) is 7.07. The van der Waals surface area contributed by atoms with E-state index in [9.17, 15) is 10.0 Å². The van der Waals surface area contributed by atoms with E-state index in [4.69, 9.17) is 4.74 Å². The third-order valence-corrected chi connectivity index (χ3v) is 3.17. The minimum Gasteiger partial charge on any atom is -0.616 e. The van der Waals surface area contributed by atoms with Crippen LogP contribution in [0.4, 0.5) is 5.69 Å². The summed E-state index contributed by atoms with van der Waals surface area (Å²) in [6.07, 6.45) is 1.32. The van der Waals surface area contributed by atoms with Crippen molar-refractivity contribution < 1.29 is 14.3 Å². The molecule has 0 saturated carbocycles. The second-order valence-electron chi connectivity index (χ2n) is 6.03. The van der Waals surface area contributed by atoms with Crippen LogP contribution in [0.25, 0.3) is 0 Å². The Bertz CT molecular complexity index is 646. The highest BCUT2D eigenvalue weighted by atomic mass is 16.6. The molecule has 0 atom stereocenters. The molecule has 22 heavy (non-hydrogen) atoms. The number of pyridine rings is 1.